The lowest BCUT2D eigenvalue weighted by Gasteiger charge is -2.02. The molecule has 0 unspecified atom stereocenters. The number of hydrogen-bond acceptors (Lipinski definition) is 1. The Morgan fingerprint density at radius 2 is 2.07 bits per heavy atom. The van der Waals surface area contributed by atoms with Crippen LogP contribution in [0, 0.1) is 5.82 Å². The highest BCUT2D eigenvalue weighted by Crippen LogP contribution is 2.07. The molecule has 0 saturated carbocycles. The minimum atomic E-state index is -0.204. The quantitative estimate of drug-likeness (QED) is 0.527. The van der Waals surface area contributed by atoms with Gasteiger partial charge in [0.05, 0.1) is 13.2 Å². The first-order valence-corrected chi connectivity index (χ1v) is 4.64. The Bertz CT molecular complexity index is 314. The third-order valence-electron chi connectivity index (χ3n) is 1.82. The highest BCUT2D eigenvalue weighted by atomic mass is 19.1. The Hall–Kier alpha value is -1.15. The van der Waals surface area contributed by atoms with E-state index in [1.54, 1.807) is 12.1 Å². The van der Waals surface area contributed by atoms with Gasteiger partial charge in [-0.3, -0.25) is 0 Å². The predicted octanol–water partition coefficient (Wildman–Crippen LogP) is 3.31. The van der Waals surface area contributed by atoms with Crippen LogP contribution in [0.4, 0.5) is 4.39 Å². The molecule has 0 aliphatic carbocycles. The monoisotopic (exact) mass is 194 g/mol. The van der Waals surface area contributed by atoms with Gasteiger partial charge in [-0.05, 0) is 19.9 Å². The minimum Gasteiger partial charge on any atom is -0.373 e. The molecule has 0 amide bonds. The molecule has 0 heterocycles. The molecule has 1 nitrogen and oxygen atoms in total. The van der Waals surface area contributed by atoms with Gasteiger partial charge in [-0.2, -0.15) is 0 Å². The molecule has 0 fully saturated rings. The third-order valence-corrected chi connectivity index (χ3v) is 1.82. The van der Waals surface area contributed by atoms with Crippen molar-refractivity contribution in [3.05, 3.63) is 47.3 Å². The topological polar surface area (TPSA) is 9.23 Å². The molecular weight excluding hydrogens is 179 g/mol. The molecule has 14 heavy (non-hydrogen) atoms. The van der Waals surface area contributed by atoms with Gasteiger partial charge in [0.2, 0.25) is 0 Å². The van der Waals surface area contributed by atoms with E-state index in [1.165, 1.54) is 11.6 Å². The van der Waals surface area contributed by atoms with Crippen molar-refractivity contribution in [3.63, 3.8) is 0 Å². The molecule has 0 radical (unpaired) electrons. The summed E-state index contributed by atoms with van der Waals surface area (Å²) in [5.41, 5.74) is 1.81. The first kappa shape index (κ1) is 10.9. The van der Waals surface area contributed by atoms with Gasteiger partial charge in [0.1, 0.15) is 5.82 Å². The number of hydrogen-bond donors (Lipinski definition) is 0. The van der Waals surface area contributed by atoms with Gasteiger partial charge in [-0.15, -0.1) is 0 Å². The molecule has 1 aromatic carbocycles. The van der Waals surface area contributed by atoms with E-state index in [9.17, 15) is 4.39 Å². The first-order chi connectivity index (χ1) is 6.70. The number of rotatable bonds is 4. The molecule has 0 atom stereocenters. The lowest BCUT2D eigenvalue weighted by Crippen LogP contribution is -1.95. The van der Waals surface area contributed by atoms with Crippen molar-refractivity contribution in [2.24, 2.45) is 0 Å². The highest BCUT2D eigenvalue weighted by molar-refractivity contribution is 5.16. The van der Waals surface area contributed by atoms with E-state index < -0.39 is 0 Å². The van der Waals surface area contributed by atoms with E-state index in [1.807, 2.05) is 26.0 Å². The summed E-state index contributed by atoms with van der Waals surface area (Å²) in [7, 11) is 0. The van der Waals surface area contributed by atoms with E-state index in [4.69, 9.17) is 4.74 Å². The van der Waals surface area contributed by atoms with Crippen molar-refractivity contribution in [1.29, 1.82) is 0 Å². The van der Waals surface area contributed by atoms with E-state index in [0.717, 1.165) is 0 Å². The molecular formula is C12H15FO. The molecule has 1 rings (SSSR count). The fourth-order valence-corrected chi connectivity index (χ4v) is 1.01. The van der Waals surface area contributed by atoms with Crippen LogP contribution in [0.1, 0.15) is 19.4 Å². The summed E-state index contributed by atoms with van der Waals surface area (Å²) < 4.78 is 18.4. The minimum absolute atomic E-state index is 0.204. The summed E-state index contributed by atoms with van der Waals surface area (Å²) in [6.45, 7) is 4.88. The number of benzene rings is 1. The Labute approximate surface area is 84.2 Å². The summed E-state index contributed by atoms with van der Waals surface area (Å²) in [5, 5.41) is 0. The largest absolute Gasteiger partial charge is 0.373 e. The summed E-state index contributed by atoms with van der Waals surface area (Å²) in [6, 6.07) is 6.66. The third kappa shape index (κ3) is 3.71. The molecule has 0 saturated heterocycles. The zero-order valence-corrected chi connectivity index (χ0v) is 8.59. The van der Waals surface area contributed by atoms with E-state index >= 15 is 0 Å². The lowest BCUT2D eigenvalue weighted by molar-refractivity contribution is 0.145. The average molecular weight is 194 g/mol. The summed E-state index contributed by atoms with van der Waals surface area (Å²) in [5.74, 6) is -0.204. The van der Waals surface area contributed by atoms with Crippen molar-refractivity contribution in [3.8, 4) is 0 Å². The average Bonchev–Trinajstić information content (AvgIpc) is 2.15. The predicted molar refractivity (Wildman–Crippen MR) is 55.5 cm³/mol. The summed E-state index contributed by atoms with van der Waals surface area (Å²) in [4.78, 5) is 0. The van der Waals surface area contributed by atoms with Crippen LogP contribution in [-0.4, -0.2) is 6.61 Å². The van der Waals surface area contributed by atoms with E-state index in [0.29, 0.717) is 18.8 Å². The second kappa shape index (κ2) is 5.55. The molecule has 2 heteroatoms. The zero-order chi connectivity index (χ0) is 10.4. The van der Waals surface area contributed by atoms with E-state index in [-0.39, 0.29) is 5.82 Å². The molecule has 0 aliphatic heterocycles. The number of allylic oxidation sites excluding steroid dienone is 1. The Kier molecular flexibility index (Phi) is 4.33. The van der Waals surface area contributed by atoms with Gasteiger partial charge in [-0.25, -0.2) is 4.39 Å². The molecule has 76 valence electrons. The van der Waals surface area contributed by atoms with Gasteiger partial charge in [0, 0.05) is 5.56 Å². The van der Waals surface area contributed by atoms with Crippen molar-refractivity contribution in [2.45, 2.75) is 20.5 Å². The van der Waals surface area contributed by atoms with E-state index in [2.05, 4.69) is 0 Å². The Balaban J connectivity index is 2.39. The SMILES string of the molecule is CC(C)=CCOCc1ccccc1F. The molecule has 0 aliphatic rings. The molecule has 0 spiro atoms. The molecule has 1 aromatic rings. The van der Waals surface area contributed by atoms with Crippen LogP contribution in [0.25, 0.3) is 0 Å². The second-order valence-electron chi connectivity index (χ2n) is 3.39. The summed E-state index contributed by atoms with van der Waals surface area (Å²) in [6.07, 6.45) is 1.97. The van der Waals surface area contributed by atoms with Crippen molar-refractivity contribution in [1.82, 2.24) is 0 Å². The molecule has 0 aromatic heterocycles. The first-order valence-electron chi connectivity index (χ1n) is 4.64. The fraction of sp³-hybridized carbons (Fsp3) is 0.333. The number of halogens is 1. The van der Waals surface area contributed by atoms with Crippen molar-refractivity contribution in [2.75, 3.05) is 6.61 Å². The van der Waals surface area contributed by atoms with Crippen LogP contribution in [0.3, 0.4) is 0 Å². The Morgan fingerprint density at radius 3 is 2.71 bits per heavy atom. The normalized spacial score (nSPS) is 9.93. The molecule has 0 N–H and O–H groups in total. The Morgan fingerprint density at radius 1 is 1.36 bits per heavy atom. The smallest absolute Gasteiger partial charge is 0.128 e. The lowest BCUT2D eigenvalue weighted by atomic mass is 10.2. The van der Waals surface area contributed by atoms with Gasteiger partial charge in [0.25, 0.3) is 0 Å². The van der Waals surface area contributed by atoms with Crippen molar-refractivity contribution >= 4 is 0 Å². The van der Waals surface area contributed by atoms with Crippen LogP contribution < -0.4 is 0 Å². The van der Waals surface area contributed by atoms with Crippen molar-refractivity contribution < 1.29 is 9.13 Å². The van der Waals surface area contributed by atoms with Crippen LogP contribution in [0.5, 0.6) is 0 Å². The van der Waals surface area contributed by atoms with Crippen LogP contribution in [0.2, 0.25) is 0 Å². The summed E-state index contributed by atoms with van der Waals surface area (Å²) >= 11 is 0. The van der Waals surface area contributed by atoms with Crippen LogP contribution in [0.15, 0.2) is 35.9 Å². The fourth-order valence-electron chi connectivity index (χ4n) is 1.01. The number of ether oxygens (including phenoxy) is 1. The highest BCUT2D eigenvalue weighted by Gasteiger charge is 1.98. The van der Waals surface area contributed by atoms with Gasteiger partial charge in [0.15, 0.2) is 0 Å². The maximum atomic E-state index is 13.1. The van der Waals surface area contributed by atoms with Crippen LogP contribution in [-0.2, 0) is 11.3 Å². The zero-order valence-electron chi connectivity index (χ0n) is 8.59. The van der Waals surface area contributed by atoms with Crippen LogP contribution >= 0.6 is 0 Å². The standard InChI is InChI=1S/C12H15FO/c1-10(2)7-8-14-9-11-5-3-4-6-12(11)13/h3-7H,8-9H2,1-2H3. The van der Waals surface area contributed by atoms with Gasteiger partial charge >= 0.3 is 0 Å². The molecule has 0 bridgehead atoms. The maximum absolute atomic E-state index is 13.1. The second-order valence-corrected chi connectivity index (χ2v) is 3.39. The van der Waals surface area contributed by atoms with Gasteiger partial charge < -0.3 is 4.74 Å². The maximum Gasteiger partial charge on any atom is 0.128 e. The van der Waals surface area contributed by atoms with Gasteiger partial charge in [-0.1, -0.05) is 29.8 Å².